The Bertz CT molecular complexity index is 685. The van der Waals surface area contributed by atoms with E-state index in [4.69, 9.17) is 9.15 Å². The van der Waals surface area contributed by atoms with E-state index in [0.29, 0.717) is 11.3 Å². The van der Waals surface area contributed by atoms with Crippen LogP contribution in [0.3, 0.4) is 0 Å². The van der Waals surface area contributed by atoms with E-state index in [1.165, 1.54) is 19.2 Å². The SMILES string of the molecule is COc1ccc(-c2nc(C(C)(C)C)c(C(=O)O)o2)cc1F. The fourth-order valence-electron chi connectivity index (χ4n) is 1.90. The standard InChI is InChI=1S/C15H16FNO4/c1-15(2,3)12-11(14(18)19)21-13(17-12)8-5-6-10(20-4)9(16)7-8/h5-7H,1-4H3,(H,18,19). The Morgan fingerprint density at radius 2 is 2.05 bits per heavy atom. The van der Waals surface area contributed by atoms with Gasteiger partial charge in [0.15, 0.2) is 11.6 Å². The van der Waals surface area contributed by atoms with Crippen LogP contribution in [0.1, 0.15) is 37.0 Å². The molecule has 1 aromatic carbocycles. The minimum absolute atomic E-state index is 0.0684. The first-order valence-electron chi connectivity index (χ1n) is 6.32. The zero-order chi connectivity index (χ0) is 15.8. The number of aromatic carboxylic acids is 1. The smallest absolute Gasteiger partial charge is 0.373 e. The lowest BCUT2D eigenvalue weighted by molar-refractivity contribution is 0.0659. The monoisotopic (exact) mass is 293 g/mol. The first kappa shape index (κ1) is 15.0. The van der Waals surface area contributed by atoms with Gasteiger partial charge in [-0.2, -0.15) is 0 Å². The van der Waals surface area contributed by atoms with Gasteiger partial charge in [-0.05, 0) is 18.2 Å². The molecule has 6 heteroatoms. The van der Waals surface area contributed by atoms with Gasteiger partial charge in [-0.1, -0.05) is 20.8 Å². The highest BCUT2D eigenvalue weighted by Crippen LogP contribution is 2.31. The van der Waals surface area contributed by atoms with Crippen molar-refractivity contribution in [3.63, 3.8) is 0 Å². The van der Waals surface area contributed by atoms with E-state index in [0.717, 1.165) is 0 Å². The summed E-state index contributed by atoms with van der Waals surface area (Å²) in [6.45, 7) is 5.49. The number of ether oxygens (including phenoxy) is 1. The molecule has 0 spiro atoms. The molecule has 0 radical (unpaired) electrons. The van der Waals surface area contributed by atoms with E-state index in [1.54, 1.807) is 6.07 Å². The Kier molecular flexibility index (Phi) is 3.72. The van der Waals surface area contributed by atoms with Gasteiger partial charge < -0.3 is 14.3 Å². The van der Waals surface area contributed by atoms with Gasteiger partial charge in [0.1, 0.15) is 5.69 Å². The summed E-state index contributed by atoms with van der Waals surface area (Å²) in [5, 5.41) is 9.20. The Morgan fingerprint density at radius 3 is 2.48 bits per heavy atom. The highest BCUT2D eigenvalue weighted by atomic mass is 19.1. The Balaban J connectivity index is 2.55. The minimum Gasteiger partial charge on any atom is -0.494 e. The highest BCUT2D eigenvalue weighted by Gasteiger charge is 2.29. The molecule has 0 bridgehead atoms. The lowest BCUT2D eigenvalue weighted by Crippen LogP contribution is -2.16. The molecule has 1 heterocycles. The number of benzene rings is 1. The number of methoxy groups -OCH3 is 1. The molecule has 0 saturated heterocycles. The van der Waals surface area contributed by atoms with Gasteiger partial charge in [-0.25, -0.2) is 14.2 Å². The van der Waals surface area contributed by atoms with Crippen LogP contribution in [0.25, 0.3) is 11.5 Å². The van der Waals surface area contributed by atoms with E-state index < -0.39 is 17.2 Å². The van der Waals surface area contributed by atoms with Crippen molar-refractivity contribution in [2.75, 3.05) is 7.11 Å². The summed E-state index contributed by atoms with van der Waals surface area (Å²) in [6, 6.07) is 4.20. The van der Waals surface area contributed by atoms with Gasteiger partial charge in [0.05, 0.1) is 7.11 Å². The molecule has 0 unspecified atom stereocenters. The molecule has 0 aliphatic heterocycles. The number of nitrogens with zero attached hydrogens (tertiary/aromatic N) is 1. The number of oxazole rings is 1. The lowest BCUT2D eigenvalue weighted by Gasteiger charge is -2.14. The summed E-state index contributed by atoms with van der Waals surface area (Å²) in [4.78, 5) is 15.5. The maximum atomic E-state index is 13.7. The first-order valence-corrected chi connectivity index (χ1v) is 6.32. The maximum absolute atomic E-state index is 13.7. The van der Waals surface area contributed by atoms with E-state index in [1.807, 2.05) is 20.8 Å². The number of halogens is 1. The van der Waals surface area contributed by atoms with Gasteiger partial charge in [0.25, 0.3) is 0 Å². The van der Waals surface area contributed by atoms with Crippen LogP contribution in [0, 0.1) is 5.82 Å². The van der Waals surface area contributed by atoms with E-state index >= 15 is 0 Å². The first-order chi connectivity index (χ1) is 9.74. The predicted molar refractivity (Wildman–Crippen MR) is 74.1 cm³/mol. The molecule has 21 heavy (non-hydrogen) atoms. The van der Waals surface area contributed by atoms with Gasteiger partial charge in [0, 0.05) is 11.0 Å². The van der Waals surface area contributed by atoms with Crippen molar-refractivity contribution in [2.45, 2.75) is 26.2 Å². The van der Waals surface area contributed by atoms with Crippen LogP contribution in [0.5, 0.6) is 5.75 Å². The predicted octanol–water partition coefficient (Wildman–Crippen LogP) is 3.49. The summed E-state index contributed by atoms with van der Waals surface area (Å²) >= 11 is 0. The second kappa shape index (κ2) is 5.20. The molecule has 0 aliphatic rings. The minimum atomic E-state index is -1.20. The molecule has 0 fully saturated rings. The number of hydrogen-bond acceptors (Lipinski definition) is 4. The number of hydrogen-bond donors (Lipinski definition) is 1. The number of aromatic nitrogens is 1. The number of rotatable bonds is 3. The zero-order valence-electron chi connectivity index (χ0n) is 12.2. The van der Waals surface area contributed by atoms with Crippen molar-refractivity contribution in [3.8, 4) is 17.2 Å². The third-order valence-electron chi connectivity index (χ3n) is 2.93. The molecule has 0 amide bonds. The van der Waals surface area contributed by atoms with Crippen LogP contribution >= 0.6 is 0 Å². The van der Waals surface area contributed by atoms with Crippen molar-refractivity contribution < 1.29 is 23.4 Å². The second-order valence-corrected chi connectivity index (χ2v) is 5.60. The number of carboxylic acids is 1. The molecular weight excluding hydrogens is 277 g/mol. The van der Waals surface area contributed by atoms with Gasteiger partial charge in [-0.3, -0.25) is 0 Å². The van der Waals surface area contributed by atoms with Crippen LogP contribution in [-0.2, 0) is 5.41 Å². The number of carbonyl (C=O) groups is 1. The van der Waals surface area contributed by atoms with Crippen LogP contribution in [0.15, 0.2) is 22.6 Å². The molecule has 112 valence electrons. The number of carboxylic acid groups (broad SMARTS) is 1. The van der Waals surface area contributed by atoms with Crippen molar-refractivity contribution in [1.82, 2.24) is 4.98 Å². The summed E-state index contributed by atoms with van der Waals surface area (Å²) < 4.78 is 23.9. The zero-order valence-corrected chi connectivity index (χ0v) is 12.2. The van der Waals surface area contributed by atoms with Crippen molar-refractivity contribution in [3.05, 3.63) is 35.5 Å². The summed E-state index contributed by atoms with van der Waals surface area (Å²) in [7, 11) is 1.36. The van der Waals surface area contributed by atoms with Crippen LogP contribution in [-0.4, -0.2) is 23.2 Å². The average Bonchev–Trinajstić information content (AvgIpc) is 2.83. The Hall–Kier alpha value is -2.37. The average molecular weight is 293 g/mol. The quantitative estimate of drug-likeness (QED) is 0.937. The summed E-state index contributed by atoms with van der Waals surface area (Å²) in [6.07, 6.45) is 0. The third-order valence-corrected chi connectivity index (χ3v) is 2.93. The molecular formula is C15H16FNO4. The van der Waals surface area contributed by atoms with E-state index in [9.17, 15) is 14.3 Å². The molecule has 0 aliphatic carbocycles. The van der Waals surface area contributed by atoms with E-state index in [-0.39, 0.29) is 17.4 Å². The maximum Gasteiger partial charge on any atom is 0.373 e. The van der Waals surface area contributed by atoms with Crippen LogP contribution in [0.4, 0.5) is 4.39 Å². The van der Waals surface area contributed by atoms with E-state index in [2.05, 4.69) is 4.98 Å². The Labute approximate surface area is 121 Å². The third kappa shape index (κ3) is 2.89. The summed E-state index contributed by atoms with van der Waals surface area (Å²) in [5.74, 6) is -1.83. The van der Waals surface area contributed by atoms with Crippen molar-refractivity contribution >= 4 is 5.97 Å². The topological polar surface area (TPSA) is 72.6 Å². The molecule has 0 atom stereocenters. The Morgan fingerprint density at radius 1 is 1.38 bits per heavy atom. The van der Waals surface area contributed by atoms with Crippen LogP contribution in [0.2, 0.25) is 0 Å². The van der Waals surface area contributed by atoms with Crippen molar-refractivity contribution in [2.24, 2.45) is 0 Å². The van der Waals surface area contributed by atoms with Gasteiger partial charge in [-0.15, -0.1) is 0 Å². The molecule has 1 N–H and O–H groups in total. The largest absolute Gasteiger partial charge is 0.494 e. The van der Waals surface area contributed by atoms with Crippen LogP contribution < -0.4 is 4.74 Å². The lowest BCUT2D eigenvalue weighted by atomic mass is 9.91. The molecule has 1 aromatic heterocycles. The normalized spacial score (nSPS) is 11.5. The molecule has 2 aromatic rings. The van der Waals surface area contributed by atoms with Gasteiger partial charge >= 0.3 is 5.97 Å². The van der Waals surface area contributed by atoms with Gasteiger partial charge in [0.2, 0.25) is 11.7 Å². The molecule has 0 saturated carbocycles. The highest BCUT2D eigenvalue weighted by molar-refractivity contribution is 5.86. The van der Waals surface area contributed by atoms with Crippen molar-refractivity contribution in [1.29, 1.82) is 0 Å². The fraction of sp³-hybridized carbons (Fsp3) is 0.333. The summed E-state index contributed by atoms with van der Waals surface area (Å²) in [5.41, 5.74) is 0.174. The fourth-order valence-corrected chi connectivity index (χ4v) is 1.90. The second-order valence-electron chi connectivity index (χ2n) is 5.60. The molecule has 2 rings (SSSR count). The molecule has 5 nitrogen and oxygen atoms in total.